The Kier molecular flexibility index (Phi) is 3.87. The number of aromatic nitrogens is 2. The van der Waals surface area contributed by atoms with E-state index in [2.05, 4.69) is 9.97 Å². The summed E-state index contributed by atoms with van der Waals surface area (Å²) in [4.78, 5) is 21.4. The molecule has 1 N–H and O–H groups in total. The minimum atomic E-state index is -3.87. The minimum absolute atomic E-state index is 0.00992. The summed E-state index contributed by atoms with van der Waals surface area (Å²) >= 11 is 6.18. The monoisotopic (exact) mass is 428 g/mol. The third kappa shape index (κ3) is 2.85. The van der Waals surface area contributed by atoms with Crippen molar-refractivity contribution in [1.29, 1.82) is 0 Å². The number of phosphoric acid groups is 1. The van der Waals surface area contributed by atoms with Crippen LogP contribution in [0.2, 0.25) is 5.02 Å². The average molecular weight is 429 g/mol. The van der Waals surface area contributed by atoms with Crippen LogP contribution in [0.1, 0.15) is 27.2 Å². The maximum Gasteiger partial charge on any atom is 0.648 e. The number of aliphatic hydroxyl groups excluding tert-OH is 1. The summed E-state index contributed by atoms with van der Waals surface area (Å²) in [7, 11) is -3.87. The molecule has 3 aromatic rings. The van der Waals surface area contributed by atoms with Gasteiger partial charge in [0.1, 0.15) is 5.76 Å². The molecule has 0 radical (unpaired) electrons. The van der Waals surface area contributed by atoms with Crippen LogP contribution in [0.5, 0.6) is 17.4 Å². The zero-order valence-electron chi connectivity index (χ0n) is 14.4. The van der Waals surface area contributed by atoms with Gasteiger partial charge in [-0.25, -0.2) is 4.98 Å². The molecule has 0 aliphatic carbocycles. The molecule has 2 bridgehead atoms. The fourth-order valence-electron chi connectivity index (χ4n) is 3.00. The standard InChI is InChI=1S/C19H10ClN2O6P/c20-12-4-2-1-3-11(12)16(24)15-13(9-14(23)10-5-7-21-8-6-10)22-19-18-17(15)26-29(25,27-18)28-19/h1-9,23H/b14-9-. The molecule has 2 aliphatic rings. The van der Waals surface area contributed by atoms with Crippen LogP contribution in [0.3, 0.4) is 0 Å². The van der Waals surface area contributed by atoms with Crippen molar-refractivity contribution in [2.24, 2.45) is 0 Å². The Morgan fingerprint density at radius 2 is 1.79 bits per heavy atom. The number of fused-ring (bicyclic) bond motifs is 1. The number of rotatable bonds is 4. The first-order valence-electron chi connectivity index (χ1n) is 8.32. The predicted octanol–water partition coefficient (Wildman–Crippen LogP) is 4.69. The summed E-state index contributed by atoms with van der Waals surface area (Å²) in [6.07, 6.45) is 4.30. The molecular weight excluding hydrogens is 419 g/mol. The van der Waals surface area contributed by atoms with Crippen molar-refractivity contribution in [3.63, 3.8) is 0 Å². The van der Waals surface area contributed by atoms with Crippen molar-refractivity contribution in [2.75, 3.05) is 0 Å². The van der Waals surface area contributed by atoms with E-state index >= 15 is 0 Å². The molecule has 2 aliphatic heterocycles. The Balaban J connectivity index is 1.72. The van der Waals surface area contributed by atoms with Gasteiger partial charge < -0.3 is 18.7 Å². The van der Waals surface area contributed by atoms with E-state index in [1.165, 1.54) is 18.5 Å². The number of carbonyl (C=O) groups is 1. The number of hydrogen-bond acceptors (Lipinski definition) is 8. The third-order valence-electron chi connectivity index (χ3n) is 4.31. The highest BCUT2D eigenvalue weighted by molar-refractivity contribution is 7.50. The molecular formula is C19H10ClN2O6P. The number of ketones is 1. The second-order valence-corrected chi connectivity index (χ2v) is 7.98. The van der Waals surface area contributed by atoms with Crippen molar-refractivity contribution in [1.82, 2.24) is 9.97 Å². The van der Waals surface area contributed by atoms with Crippen LogP contribution in [0, 0.1) is 0 Å². The number of pyridine rings is 2. The summed E-state index contributed by atoms with van der Waals surface area (Å²) in [5, 5.41) is 10.7. The molecule has 5 rings (SSSR count). The van der Waals surface area contributed by atoms with E-state index in [0.717, 1.165) is 0 Å². The largest absolute Gasteiger partial charge is 0.648 e. The summed E-state index contributed by atoms with van der Waals surface area (Å²) in [5.41, 5.74) is 0.657. The van der Waals surface area contributed by atoms with E-state index in [0.29, 0.717) is 5.56 Å². The summed E-state index contributed by atoms with van der Waals surface area (Å²) in [6, 6.07) is 9.63. The van der Waals surface area contributed by atoms with Crippen LogP contribution in [0.25, 0.3) is 11.8 Å². The molecule has 144 valence electrons. The minimum Gasteiger partial charge on any atom is -0.507 e. The van der Waals surface area contributed by atoms with Crippen molar-refractivity contribution in [3.8, 4) is 17.4 Å². The molecule has 1 aromatic carbocycles. The second-order valence-electron chi connectivity index (χ2n) is 6.13. The third-order valence-corrected chi connectivity index (χ3v) is 5.84. The molecule has 10 heteroatoms. The van der Waals surface area contributed by atoms with E-state index in [1.54, 1.807) is 36.4 Å². The summed E-state index contributed by atoms with van der Waals surface area (Å²) in [6.45, 7) is 0. The number of carbonyl (C=O) groups excluding carboxylic acids is 1. The van der Waals surface area contributed by atoms with Crippen molar-refractivity contribution < 1.29 is 28.0 Å². The first kappa shape index (κ1) is 17.7. The molecule has 2 aromatic heterocycles. The first-order chi connectivity index (χ1) is 14.0. The number of phosphoric ester groups is 1. The van der Waals surface area contributed by atoms with Gasteiger partial charge in [-0.2, -0.15) is 4.57 Å². The van der Waals surface area contributed by atoms with Crippen LogP contribution < -0.4 is 13.6 Å². The molecule has 0 amide bonds. The Morgan fingerprint density at radius 1 is 1.07 bits per heavy atom. The van der Waals surface area contributed by atoms with Gasteiger partial charge in [0, 0.05) is 29.6 Å². The fourth-order valence-corrected chi connectivity index (χ4v) is 4.45. The molecule has 8 nitrogen and oxygen atoms in total. The topological polar surface area (TPSA) is 108 Å². The van der Waals surface area contributed by atoms with Gasteiger partial charge in [0.05, 0.1) is 16.3 Å². The van der Waals surface area contributed by atoms with Crippen LogP contribution in [-0.2, 0) is 4.57 Å². The fraction of sp³-hybridized carbons (Fsp3) is 0. The Bertz CT molecular complexity index is 1260. The second kappa shape index (κ2) is 6.34. The molecule has 1 atom stereocenters. The highest BCUT2D eigenvalue weighted by Gasteiger charge is 2.53. The van der Waals surface area contributed by atoms with Crippen LogP contribution >= 0.6 is 19.4 Å². The smallest absolute Gasteiger partial charge is 0.507 e. The van der Waals surface area contributed by atoms with E-state index in [4.69, 9.17) is 25.2 Å². The van der Waals surface area contributed by atoms with Gasteiger partial charge in [0.15, 0.2) is 5.75 Å². The van der Waals surface area contributed by atoms with Crippen LogP contribution in [0.4, 0.5) is 0 Å². The number of aliphatic hydroxyl groups is 1. The normalized spacial score (nSPS) is 18.7. The summed E-state index contributed by atoms with van der Waals surface area (Å²) < 4.78 is 27.9. The molecule has 1 unspecified atom stereocenters. The van der Waals surface area contributed by atoms with E-state index < -0.39 is 13.6 Å². The SMILES string of the molecule is O=C(c1ccccc1Cl)c1c(/C=C(\O)c2ccncc2)nc2c3c1OP(=O)(O2)O3. The molecule has 0 spiro atoms. The van der Waals surface area contributed by atoms with Crippen LogP contribution in [-0.4, -0.2) is 20.9 Å². The number of hydrogen-bond donors (Lipinski definition) is 1. The Morgan fingerprint density at radius 3 is 2.52 bits per heavy atom. The molecule has 0 saturated carbocycles. The van der Waals surface area contributed by atoms with E-state index in [1.807, 2.05) is 0 Å². The summed E-state index contributed by atoms with van der Waals surface area (Å²) in [5.74, 6) is -0.827. The lowest BCUT2D eigenvalue weighted by atomic mass is 9.99. The highest BCUT2D eigenvalue weighted by atomic mass is 35.5. The maximum absolute atomic E-state index is 13.3. The van der Waals surface area contributed by atoms with Gasteiger partial charge in [-0.1, -0.05) is 23.7 Å². The lowest BCUT2D eigenvalue weighted by Crippen LogP contribution is -2.11. The van der Waals surface area contributed by atoms with Crippen molar-refractivity contribution in [3.05, 3.63) is 76.2 Å². The van der Waals surface area contributed by atoms with Gasteiger partial charge in [-0.05, 0) is 24.3 Å². The Hall–Kier alpha value is -3.35. The molecule has 29 heavy (non-hydrogen) atoms. The average Bonchev–Trinajstić information content (AvgIpc) is 3.22. The van der Waals surface area contributed by atoms with Gasteiger partial charge in [0.25, 0.3) is 5.88 Å². The lowest BCUT2D eigenvalue weighted by Gasteiger charge is -2.15. The van der Waals surface area contributed by atoms with Gasteiger partial charge in [-0.3, -0.25) is 9.78 Å². The first-order valence-corrected chi connectivity index (χ1v) is 10.2. The quantitative estimate of drug-likeness (QED) is 0.362. The molecule has 0 saturated heterocycles. The molecule has 0 fully saturated rings. The zero-order chi connectivity index (χ0) is 20.2. The zero-order valence-corrected chi connectivity index (χ0v) is 16.1. The van der Waals surface area contributed by atoms with Gasteiger partial charge >= 0.3 is 7.82 Å². The van der Waals surface area contributed by atoms with Gasteiger partial charge in [0.2, 0.25) is 11.5 Å². The van der Waals surface area contributed by atoms with Gasteiger partial charge in [-0.15, -0.1) is 0 Å². The number of nitrogens with zero attached hydrogens (tertiary/aromatic N) is 2. The Labute approximate surface area is 169 Å². The highest BCUT2D eigenvalue weighted by Crippen LogP contribution is 2.69. The number of benzene rings is 1. The lowest BCUT2D eigenvalue weighted by molar-refractivity contribution is 0.103. The predicted molar refractivity (Wildman–Crippen MR) is 103 cm³/mol. The van der Waals surface area contributed by atoms with Crippen molar-refractivity contribution in [2.45, 2.75) is 0 Å². The van der Waals surface area contributed by atoms with E-state index in [9.17, 15) is 14.5 Å². The van der Waals surface area contributed by atoms with Crippen LogP contribution in [0.15, 0.2) is 48.8 Å². The maximum atomic E-state index is 13.3. The van der Waals surface area contributed by atoms with E-state index in [-0.39, 0.29) is 45.0 Å². The number of halogens is 1. The van der Waals surface area contributed by atoms with Crippen molar-refractivity contribution >= 4 is 37.0 Å². The molecule has 4 heterocycles.